The van der Waals surface area contributed by atoms with Crippen molar-refractivity contribution in [1.29, 1.82) is 0 Å². The highest BCUT2D eigenvalue weighted by Crippen LogP contribution is 2.14. The molecule has 29 heavy (non-hydrogen) atoms. The number of amides is 1. The number of anilines is 1. The number of carbonyl (C=O) groups excluding carboxylic acids is 1. The highest BCUT2D eigenvalue weighted by atomic mass is 32.2. The molecule has 160 valence electrons. The van der Waals surface area contributed by atoms with Crippen LogP contribution in [-0.4, -0.2) is 82.8 Å². The Morgan fingerprint density at radius 3 is 2.48 bits per heavy atom. The zero-order chi connectivity index (χ0) is 20.7. The van der Waals surface area contributed by atoms with Crippen molar-refractivity contribution in [3.8, 4) is 0 Å². The molecule has 10 nitrogen and oxygen atoms in total. The number of ether oxygens (including phenoxy) is 1. The molecule has 0 radical (unpaired) electrons. The zero-order valence-corrected chi connectivity index (χ0v) is 17.4. The van der Waals surface area contributed by atoms with Gasteiger partial charge in [-0.25, -0.2) is 18.1 Å². The van der Waals surface area contributed by atoms with Crippen molar-refractivity contribution >= 4 is 27.6 Å². The van der Waals surface area contributed by atoms with Crippen LogP contribution in [-0.2, 0) is 19.6 Å². The van der Waals surface area contributed by atoms with Crippen LogP contribution in [0.1, 0.15) is 13.3 Å². The maximum Gasteiger partial charge on any atom is 0.264 e. The first-order valence-corrected chi connectivity index (χ1v) is 11.1. The van der Waals surface area contributed by atoms with Gasteiger partial charge in [0.15, 0.2) is 0 Å². The molecule has 0 bridgehead atoms. The topological polar surface area (TPSA) is 115 Å². The normalized spacial score (nSPS) is 18.6. The van der Waals surface area contributed by atoms with Gasteiger partial charge in [-0.3, -0.25) is 14.6 Å². The Balaban J connectivity index is 1.45. The van der Waals surface area contributed by atoms with Gasteiger partial charge in [0.25, 0.3) is 10.0 Å². The fraction of sp³-hybridized carbons (Fsp3) is 0.556. The summed E-state index contributed by atoms with van der Waals surface area (Å²) in [6.45, 7) is 7.84. The fourth-order valence-electron chi connectivity index (χ4n) is 3.13. The maximum absolute atomic E-state index is 12.5. The zero-order valence-electron chi connectivity index (χ0n) is 16.6. The van der Waals surface area contributed by atoms with Crippen LogP contribution >= 0.6 is 0 Å². The average molecular weight is 425 g/mol. The van der Waals surface area contributed by atoms with Crippen LogP contribution in [0.3, 0.4) is 0 Å². The smallest absolute Gasteiger partial charge is 0.264 e. The summed E-state index contributed by atoms with van der Waals surface area (Å²) in [5.74, 6) is 0.0226. The van der Waals surface area contributed by atoms with E-state index in [2.05, 4.69) is 30.1 Å². The van der Waals surface area contributed by atoms with E-state index in [1.54, 1.807) is 12.1 Å². The Morgan fingerprint density at radius 1 is 1.17 bits per heavy atom. The Hall–Kier alpha value is -2.21. The molecule has 0 saturated carbocycles. The van der Waals surface area contributed by atoms with Crippen LogP contribution < -0.4 is 15.4 Å². The second kappa shape index (κ2) is 10.0. The van der Waals surface area contributed by atoms with Crippen LogP contribution in [0.2, 0.25) is 0 Å². The van der Waals surface area contributed by atoms with E-state index in [0.29, 0.717) is 19.0 Å². The van der Waals surface area contributed by atoms with Gasteiger partial charge in [0.2, 0.25) is 11.9 Å². The number of hydrogen-bond acceptors (Lipinski definition) is 8. The molecule has 2 aliphatic rings. The third-order valence-electron chi connectivity index (χ3n) is 4.67. The molecular weight excluding hydrogens is 396 g/mol. The summed E-state index contributed by atoms with van der Waals surface area (Å²) in [6, 6.07) is 5.97. The monoisotopic (exact) mass is 424 g/mol. The lowest BCUT2D eigenvalue weighted by Crippen LogP contribution is -2.50. The third-order valence-corrected chi connectivity index (χ3v) is 6.02. The van der Waals surface area contributed by atoms with Gasteiger partial charge in [0.1, 0.15) is 0 Å². The summed E-state index contributed by atoms with van der Waals surface area (Å²) >= 11 is 0. The van der Waals surface area contributed by atoms with Gasteiger partial charge in [-0.2, -0.15) is 0 Å². The second-order valence-electron chi connectivity index (χ2n) is 7.00. The first-order valence-electron chi connectivity index (χ1n) is 9.64. The van der Waals surface area contributed by atoms with Crippen molar-refractivity contribution in [2.75, 3.05) is 58.0 Å². The van der Waals surface area contributed by atoms with Crippen LogP contribution in [0.25, 0.3) is 0 Å². The van der Waals surface area contributed by atoms with E-state index < -0.39 is 10.0 Å². The van der Waals surface area contributed by atoms with E-state index >= 15 is 0 Å². The molecule has 3 N–H and O–H groups in total. The summed E-state index contributed by atoms with van der Waals surface area (Å²) in [7, 11) is -3.75. The minimum absolute atomic E-state index is 0.101. The Labute approximate surface area is 171 Å². The average Bonchev–Trinajstić information content (AvgIpc) is 2.70. The van der Waals surface area contributed by atoms with E-state index in [1.165, 1.54) is 19.1 Å². The lowest BCUT2D eigenvalue weighted by molar-refractivity contribution is -0.114. The van der Waals surface area contributed by atoms with E-state index in [0.717, 1.165) is 45.8 Å². The first kappa shape index (κ1) is 21.5. The number of carbonyl (C=O) groups is 1. The Bertz CT molecular complexity index is 821. The van der Waals surface area contributed by atoms with Gasteiger partial charge in [-0.1, -0.05) is 0 Å². The van der Waals surface area contributed by atoms with Crippen LogP contribution in [0, 0.1) is 0 Å². The molecule has 2 heterocycles. The fourth-order valence-corrected chi connectivity index (χ4v) is 4.13. The molecule has 1 amide bonds. The highest BCUT2D eigenvalue weighted by molar-refractivity contribution is 7.90. The van der Waals surface area contributed by atoms with Crippen LogP contribution in [0.4, 0.5) is 5.69 Å². The molecule has 1 aromatic rings. The standard InChI is InChI=1S/C18H28N6O4S/c1-15(25)21-16-3-5-17(6-4-16)29(26,27)22-18-19-13-24(14-20-18)8-2-7-23-9-11-28-12-10-23/h3-6H,2,7-14H2,1H3,(H,21,25)(H2,19,20,22). The predicted octanol–water partition coefficient (Wildman–Crippen LogP) is -0.178. The van der Waals surface area contributed by atoms with E-state index in [-0.39, 0.29) is 16.8 Å². The van der Waals surface area contributed by atoms with Gasteiger partial charge < -0.3 is 15.4 Å². The van der Waals surface area contributed by atoms with Gasteiger partial charge >= 0.3 is 0 Å². The van der Waals surface area contributed by atoms with Crippen molar-refractivity contribution in [2.45, 2.75) is 18.2 Å². The molecule has 0 aliphatic carbocycles. The van der Waals surface area contributed by atoms with Crippen molar-refractivity contribution in [1.82, 2.24) is 19.8 Å². The summed E-state index contributed by atoms with van der Waals surface area (Å²) in [5.41, 5.74) is 0.539. The quantitative estimate of drug-likeness (QED) is 0.556. The molecule has 1 saturated heterocycles. The molecule has 0 spiro atoms. The van der Waals surface area contributed by atoms with Crippen LogP contribution in [0.15, 0.2) is 34.2 Å². The molecule has 0 aromatic heterocycles. The van der Waals surface area contributed by atoms with Crippen molar-refractivity contribution in [3.05, 3.63) is 24.3 Å². The number of nitrogens with zero attached hydrogens (tertiary/aromatic N) is 3. The summed E-state index contributed by atoms with van der Waals surface area (Å²) < 4.78 is 32.9. The Kier molecular flexibility index (Phi) is 7.42. The predicted molar refractivity (Wildman–Crippen MR) is 110 cm³/mol. The van der Waals surface area contributed by atoms with Crippen molar-refractivity contribution in [2.24, 2.45) is 4.99 Å². The van der Waals surface area contributed by atoms with Gasteiger partial charge in [-0.05, 0) is 37.2 Å². The number of nitrogens with one attached hydrogen (secondary N) is 3. The largest absolute Gasteiger partial charge is 0.379 e. The molecule has 0 unspecified atom stereocenters. The number of morpholine rings is 1. The first-order chi connectivity index (χ1) is 13.9. The molecular formula is C18H28N6O4S. The van der Waals surface area contributed by atoms with Crippen molar-refractivity contribution in [3.63, 3.8) is 0 Å². The maximum atomic E-state index is 12.5. The molecule has 1 aromatic carbocycles. The van der Waals surface area contributed by atoms with E-state index in [4.69, 9.17) is 4.74 Å². The van der Waals surface area contributed by atoms with Gasteiger partial charge in [-0.15, -0.1) is 0 Å². The lowest BCUT2D eigenvalue weighted by Gasteiger charge is -2.29. The number of rotatable bonds is 7. The molecule has 11 heteroatoms. The number of benzene rings is 1. The van der Waals surface area contributed by atoms with Gasteiger partial charge in [0, 0.05) is 32.2 Å². The lowest BCUT2D eigenvalue weighted by atomic mass is 10.3. The number of aliphatic imine (C=N–C) groups is 1. The Morgan fingerprint density at radius 2 is 1.86 bits per heavy atom. The summed E-state index contributed by atoms with van der Waals surface area (Å²) in [4.78, 5) is 20.0. The molecule has 0 atom stereocenters. The molecule has 1 fully saturated rings. The number of sulfonamides is 1. The van der Waals surface area contributed by atoms with Gasteiger partial charge in [0.05, 0.1) is 31.4 Å². The van der Waals surface area contributed by atoms with E-state index in [9.17, 15) is 13.2 Å². The summed E-state index contributed by atoms with van der Waals surface area (Å²) in [6.07, 6.45) is 1.03. The molecule has 3 rings (SSSR count). The summed E-state index contributed by atoms with van der Waals surface area (Å²) in [5, 5.41) is 5.62. The molecule has 2 aliphatic heterocycles. The minimum Gasteiger partial charge on any atom is -0.379 e. The minimum atomic E-state index is -3.75. The van der Waals surface area contributed by atoms with E-state index in [1.807, 2.05) is 0 Å². The second-order valence-corrected chi connectivity index (χ2v) is 8.68. The third kappa shape index (κ3) is 6.67. The highest BCUT2D eigenvalue weighted by Gasteiger charge is 2.19. The SMILES string of the molecule is CC(=O)Nc1ccc(S(=O)(=O)NC2=NCN(CCCN3CCOCC3)CN2)cc1. The van der Waals surface area contributed by atoms with Crippen molar-refractivity contribution < 1.29 is 17.9 Å². The number of guanidine groups is 1. The van der Waals surface area contributed by atoms with Crippen LogP contribution in [0.5, 0.6) is 0 Å². The number of hydrogen-bond donors (Lipinski definition) is 3.